The number of nitrogens with zero attached hydrogens (tertiary/aromatic N) is 2. The molecule has 0 unspecified atom stereocenters. The second kappa shape index (κ2) is 16.2. The van der Waals surface area contributed by atoms with Gasteiger partial charge in [-0.15, -0.1) is 0 Å². The first-order chi connectivity index (χ1) is 15.7. The van der Waals surface area contributed by atoms with Crippen molar-refractivity contribution in [3.05, 3.63) is 42.5 Å². The number of amidine groups is 1. The van der Waals surface area contributed by atoms with E-state index in [2.05, 4.69) is 29.5 Å². The maximum absolute atomic E-state index is 12.2. The third kappa shape index (κ3) is 10.7. The lowest BCUT2D eigenvalue weighted by Gasteiger charge is -2.10. The zero-order chi connectivity index (χ0) is 22.9. The van der Waals surface area contributed by atoms with Crippen LogP contribution in [-0.4, -0.2) is 17.6 Å². The van der Waals surface area contributed by atoms with Gasteiger partial charge >= 0.3 is 0 Å². The molecule has 0 atom stereocenters. The van der Waals surface area contributed by atoms with E-state index in [0.29, 0.717) is 12.3 Å². The molecule has 0 aromatic heterocycles. The number of hydrogen-bond acceptors (Lipinski definition) is 3. The van der Waals surface area contributed by atoms with Gasteiger partial charge in [-0.2, -0.15) is 10.1 Å². The van der Waals surface area contributed by atoms with Crippen molar-refractivity contribution in [1.82, 2.24) is 5.32 Å². The molecule has 0 fully saturated rings. The van der Waals surface area contributed by atoms with Crippen molar-refractivity contribution in [3.63, 3.8) is 0 Å². The van der Waals surface area contributed by atoms with E-state index in [1.54, 1.807) is 0 Å². The lowest BCUT2D eigenvalue weighted by molar-refractivity contribution is -0.119. The van der Waals surface area contributed by atoms with Gasteiger partial charge in [-0.1, -0.05) is 88.6 Å². The van der Waals surface area contributed by atoms with Crippen LogP contribution in [0.15, 0.2) is 47.6 Å². The number of rotatable bonds is 16. The summed E-state index contributed by atoms with van der Waals surface area (Å²) in [6, 6.07) is 9.28. The molecule has 0 radical (unpaired) electrons. The Bertz CT molecular complexity index is 728. The van der Waals surface area contributed by atoms with Crippen molar-refractivity contribution in [2.75, 3.05) is 5.01 Å². The summed E-state index contributed by atoms with van der Waals surface area (Å²) in [4.78, 5) is 24.3. The van der Waals surface area contributed by atoms with Crippen LogP contribution in [0.25, 0.3) is 0 Å². The molecule has 1 aromatic rings. The van der Waals surface area contributed by atoms with Gasteiger partial charge in [0.1, 0.15) is 5.84 Å². The van der Waals surface area contributed by atoms with Gasteiger partial charge in [0.25, 0.3) is 5.91 Å². The van der Waals surface area contributed by atoms with Gasteiger partial charge in [0.2, 0.25) is 5.91 Å². The van der Waals surface area contributed by atoms with E-state index in [-0.39, 0.29) is 18.2 Å². The molecular weight excluding hydrogens is 398 g/mol. The predicted molar refractivity (Wildman–Crippen MR) is 134 cm³/mol. The van der Waals surface area contributed by atoms with Crippen LogP contribution in [0.2, 0.25) is 0 Å². The topological polar surface area (TPSA) is 61.8 Å². The molecule has 1 heterocycles. The van der Waals surface area contributed by atoms with E-state index < -0.39 is 0 Å². The highest BCUT2D eigenvalue weighted by Gasteiger charge is 2.26. The highest BCUT2D eigenvalue weighted by Crippen LogP contribution is 2.19. The molecule has 0 aliphatic carbocycles. The third-order valence-corrected chi connectivity index (χ3v) is 5.73. The zero-order valence-corrected chi connectivity index (χ0v) is 19.9. The molecular formula is C27H41N3O2. The summed E-state index contributed by atoms with van der Waals surface area (Å²) in [5.41, 5.74) is 0.721. The second-order valence-electron chi connectivity index (χ2n) is 8.65. The third-order valence-electron chi connectivity index (χ3n) is 5.73. The van der Waals surface area contributed by atoms with Gasteiger partial charge < -0.3 is 5.32 Å². The van der Waals surface area contributed by atoms with Crippen LogP contribution in [0, 0.1) is 0 Å². The Labute approximate surface area is 194 Å². The molecule has 0 bridgehead atoms. The number of para-hydroxylation sites is 1. The minimum Gasteiger partial charge on any atom is -0.312 e. The average molecular weight is 440 g/mol. The van der Waals surface area contributed by atoms with Crippen molar-refractivity contribution < 1.29 is 9.59 Å². The Morgan fingerprint density at radius 1 is 0.906 bits per heavy atom. The number of hydrogen-bond donors (Lipinski definition) is 1. The molecule has 5 nitrogen and oxygen atoms in total. The maximum atomic E-state index is 12.2. The molecule has 1 aromatic carbocycles. The summed E-state index contributed by atoms with van der Waals surface area (Å²) in [6.45, 7) is 2.26. The number of hydrazone groups is 1. The fraction of sp³-hybridized carbons (Fsp3) is 0.593. The quantitative estimate of drug-likeness (QED) is 0.225. The Morgan fingerprint density at radius 2 is 1.50 bits per heavy atom. The fourth-order valence-corrected chi connectivity index (χ4v) is 3.85. The molecule has 32 heavy (non-hydrogen) atoms. The Kier molecular flexibility index (Phi) is 13.1. The van der Waals surface area contributed by atoms with E-state index in [9.17, 15) is 9.59 Å². The van der Waals surface area contributed by atoms with Crippen LogP contribution < -0.4 is 10.3 Å². The van der Waals surface area contributed by atoms with Crippen molar-refractivity contribution in [2.45, 2.75) is 103 Å². The first-order valence-corrected chi connectivity index (χ1v) is 12.6. The number of carbonyl (C=O) groups is 2. The van der Waals surface area contributed by atoms with E-state index in [1.165, 1.54) is 75.6 Å². The zero-order valence-electron chi connectivity index (χ0n) is 19.9. The number of amides is 2. The number of unbranched alkanes of at least 4 members (excludes halogenated alkanes) is 11. The molecule has 1 N–H and O–H groups in total. The second-order valence-corrected chi connectivity index (χ2v) is 8.65. The van der Waals surface area contributed by atoms with Gasteiger partial charge in [-0.3, -0.25) is 9.59 Å². The van der Waals surface area contributed by atoms with Crippen LogP contribution >= 0.6 is 0 Å². The van der Waals surface area contributed by atoms with Gasteiger partial charge in [0, 0.05) is 6.42 Å². The normalized spacial score (nSPS) is 13.7. The highest BCUT2D eigenvalue weighted by molar-refractivity contribution is 6.15. The van der Waals surface area contributed by atoms with Crippen molar-refractivity contribution in [3.8, 4) is 0 Å². The number of nitrogens with one attached hydrogen (secondary N) is 1. The molecule has 0 saturated heterocycles. The summed E-state index contributed by atoms with van der Waals surface area (Å²) in [5.74, 6) is 0.271. The highest BCUT2D eigenvalue weighted by atomic mass is 16.2. The number of anilines is 1. The Hall–Kier alpha value is -2.43. The molecule has 5 heteroatoms. The molecule has 1 aliphatic rings. The van der Waals surface area contributed by atoms with Gasteiger partial charge in [0.15, 0.2) is 0 Å². The SMILES string of the molecule is CCCCCCCC/C=C\CCCCCCCC(=O)NC1=NN(c2ccccc2)C(=O)C1. The van der Waals surface area contributed by atoms with Crippen LogP contribution in [0.1, 0.15) is 103 Å². The molecule has 176 valence electrons. The van der Waals surface area contributed by atoms with Crippen molar-refractivity contribution in [1.29, 1.82) is 0 Å². The lowest BCUT2D eigenvalue weighted by Crippen LogP contribution is -2.29. The minimum absolute atomic E-state index is 0.0518. The number of benzene rings is 1. The first kappa shape index (κ1) is 25.8. The Morgan fingerprint density at radius 3 is 2.16 bits per heavy atom. The molecule has 2 amide bonds. The smallest absolute Gasteiger partial charge is 0.255 e. The largest absolute Gasteiger partial charge is 0.312 e. The number of allylic oxidation sites excluding steroid dienone is 2. The van der Waals surface area contributed by atoms with Crippen LogP contribution in [0.3, 0.4) is 0 Å². The fourth-order valence-electron chi connectivity index (χ4n) is 3.85. The summed E-state index contributed by atoms with van der Waals surface area (Å²) in [5, 5.41) is 8.42. The number of carbonyl (C=O) groups excluding carboxylic acids is 2. The van der Waals surface area contributed by atoms with Gasteiger partial charge in [-0.25, -0.2) is 0 Å². The Balaban J connectivity index is 1.45. The summed E-state index contributed by atoms with van der Waals surface area (Å²) >= 11 is 0. The lowest BCUT2D eigenvalue weighted by atomic mass is 10.1. The summed E-state index contributed by atoms with van der Waals surface area (Å²) < 4.78 is 0. The van der Waals surface area contributed by atoms with Crippen molar-refractivity contribution in [2.24, 2.45) is 5.10 Å². The molecule has 2 rings (SSSR count). The summed E-state index contributed by atoms with van der Waals surface area (Å²) in [6.07, 6.45) is 21.4. The van der Waals surface area contributed by atoms with E-state index >= 15 is 0 Å². The molecule has 0 saturated carbocycles. The molecule has 1 aliphatic heterocycles. The van der Waals surface area contributed by atoms with Crippen LogP contribution in [0.5, 0.6) is 0 Å². The molecule has 0 spiro atoms. The average Bonchev–Trinajstić information content (AvgIpc) is 3.16. The minimum atomic E-state index is -0.118. The first-order valence-electron chi connectivity index (χ1n) is 12.6. The maximum Gasteiger partial charge on any atom is 0.255 e. The predicted octanol–water partition coefficient (Wildman–Crippen LogP) is 6.89. The standard InChI is InChI=1S/C27H41N3O2/c1-2-3-4-5-6-7-8-9-10-11-12-13-14-15-19-22-26(31)28-25-23-27(32)30(29-25)24-20-17-16-18-21-24/h9-10,16-18,20-21H,2-8,11-15,19,22-23H2,1H3,(H,28,29,31)/b10-9-. The van der Waals surface area contributed by atoms with Gasteiger partial charge in [-0.05, 0) is 44.2 Å². The van der Waals surface area contributed by atoms with Crippen LogP contribution in [-0.2, 0) is 9.59 Å². The van der Waals surface area contributed by atoms with E-state index in [1.807, 2.05) is 30.3 Å². The van der Waals surface area contributed by atoms with Crippen molar-refractivity contribution >= 4 is 23.3 Å². The van der Waals surface area contributed by atoms with Crippen LogP contribution in [0.4, 0.5) is 5.69 Å². The van der Waals surface area contributed by atoms with Gasteiger partial charge in [0.05, 0.1) is 12.1 Å². The monoisotopic (exact) mass is 439 g/mol. The van der Waals surface area contributed by atoms with E-state index in [4.69, 9.17) is 0 Å². The summed E-state index contributed by atoms with van der Waals surface area (Å²) in [7, 11) is 0. The van der Waals surface area contributed by atoms with E-state index in [0.717, 1.165) is 18.5 Å².